The maximum absolute atomic E-state index is 12.7. The number of allylic oxidation sites excluding steroid dienone is 14. The molecular formula is C48H79NO7. The Morgan fingerprint density at radius 2 is 1.04 bits per heavy atom. The van der Waals surface area contributed by atoms with Crippen molar-refractivity contribution in [2.24, 2.45) is 0 Å². The summed E-state index contributed by atoms with van der Waals surface area (Å²) in [7, 11) is 5.38. The number of nitrogens with zero attached hydrogens (tertiary/aromatic N) is 1. The zero-order chi connectivity index (χ0) is 41.4. The van der Waals surface area contributed by atoms with Crippen molar-refractivity contribution in [1.82, 2.24) is 0 Å². The molecule has 0 N–H and O–H groups in total. The number of likely N-dealkylation sites (N-methyl/N-ethyl adjacent to an activating group) is 1. The number of ether oxygens (including phenoxy) is 3. The zero-order valence-electron chi connectivity index (χ0n) is 36.0. The predicted molar refractivity (Wildman–Crippen MR) is 231 cm³/mol. The van der Waals surface area contributed by atoms with E-state index in [1.807, 2.05) is 12.2 Å². The highest BCUT2D eigenvalue weighted by Crippen LogP contribution is 2.13. The van der Waals surface area contributed by atoms with Gasteiger partial charge in [-0.05, 0) is 70.6 Å². The summed E-state index contributed by atoms with van der Waals surface area (Å²) in [5.74, 6) is -1.79. The van der Waals surface area contributed by atoms with Crippen molar-refractivity contribution in [3.05, 3.63) is 85.1 Å². The highest BCUT2D eigenvalue weighted by atomic mass is 16.6. The van der Waals surface area contributed by atoms with Gasteiger partial charge in [0.2, 0.25) is 0 Å². The van der Waals surface area contributed by atoms with Gasteiger partial charge in [0.05, 0.1) is 40.3 Å². The van der Waals surface area contributed by atoms with Gasteiger partial charge in [-0.2, -0.15) is 0 Å². The third-order valence-electron chi connectivity index (χ3n) is 9.09. The summed E-state index contributed by atoms with van der Waals surface area (Å²) in [5.41, 5.74) is 0. The highest BCUT2D eigenvalue weighted by molar-refractivity contribution is 5.70. The fourth-order valence-electron chi connectivity index (χ4n) is 5.77. The van der Waals surface area contributed by atoms with Crippen LogP contribution >= 0.6 is 0 Å². The number of quaternary nitrogens is 1. The molecule has 8 heteroatoms. The van der Waals surface area contributed by atoms with Gasteiger partial charge in [0.1, 0.15) is 12.6 Å². The minimum absolute atomic E-state index is 0.0223. The van der Waals surface area contributed by atoms with E-state index in [1.54, 1.807) is 21.1 Å². The van der Waals surface area contributed by atoms with E-state index in [1.165, 1.54) is 12.8 Å². The van der Waals surface area contributed by atoms with Gasteiger partial charge in [0.15, 0.2) is 6.10 Å². The Balaban J connectivity index is 4.39. The summed E-state index contributed by atoms with van der Waals surface area (Å²) < 4.78 is 17.1. The molecule has 0 aliphatic rings. The van der Waals surface area contributed by atoms with Crippen LogP contribution in [0.25, 0.3) is 0 Å². The second-order valence-electron chi connectivity index (χ2n) is 15.2. The third-order valence-corrected chi connectivity index (χ3v) is 9.09. The van der Waals surface area contributed by atoms with E-state index >= 15 is 0 Å². The van der Waals surface area contributed by atoms with Crippen molar-refractivity contribution in [1.29, 1.82) is 0 Å². The number of rotatable bonds is 37. The van der Waals surface area contributed by atoms with Gasteiger partial charge in [-0.25, -0.2) is 0 Å². The molecular weight excluding hydrogens is 703 g/mol. The Morgan fingerprint density at radius 1 is 0.554 bits per heavy atom. The number of carbonyl (C=O) groups is 3. The molecule has 56 heavy (non-hydrogen) atoms. The Labute approximate surface area is 342 Å². The minimum Gasteiger partial charge on any atom is -0.544 e. The number of unbranched alkanes of at least 4 members (excludes halogenated alkanes) is 11. The summed E-state index contributed by atoms with van der Waals surface area (Å²) >= 11 is 0. The lowest BCUT2D eigenvalue weighted by Gasteiger charge is -2.34. The number of carboxylic acid groups (broad SMARTS) is 1. The molecule has 0 aliphatic carbocycles. The molecule has 0 rings (SSSR count). The molecule has 0 fully saturated rings. The van der Waals surface area contributed by atoms with Gasteiger partial charge < -0.3 is 28.6 Å². The van der Waals surface area contributed by atoms with Crippen LogP contribution in [0.15, 0.2) is 85.1 Å². The molecule has 0 saturated carbocycles. The number of hydrogen-bond donors (Lipinski definition) is 0. The lowest BCUT2D eigenvalue weighted by Crippen LogP contribution is -2.55. The highest BCUT2D eigenvalue weighted by Gasteiger charge is 2.25. The molecule has 318 valence electrons. The molecule has 0 saturated heterocycles. The van der Waals surface area contributed by atoms with Gasteiger partial charge in [-0.3, -0.25) is 9.59 Å². The second kappa shape index (κ2) is 38.4. The van der Waals surface area contributed by atoms with Crippen LogP contribution in [0.1, 0.15) is 149 Å². The van der Waals surface area contributed by atoms with Gasteiger partial charge in [0, 0.05) is 19.3 Å². The quantitative estimate of drug-likeness (QED) is 0.0203. The Bertz CT molecular complexity index is 1190. The van der Waals surface area contributed by atoms with Crippen LogP contribution in [0.4, 0.5) is 0 Å². The van der Waals surface area contributed by atoms with Crippen molar-refractivity contribution >= 4 is 17.9 Å². The maximum atomic E-state index is 12.7. The fourth-order valence-corrected chi connectivity index (χ4v) is 5.77. The molecule has 0 amide bonds. The van der Waals surface area contributed by atoms with Crippen molar-refractivity contribution < 1.29 is 38.2 Å². The summed E-state index contributed by atoms with van der Waals surface area (Å²) in [5, 5.41) is 11.6. The fraction of sp³-hybridized carbons (Fsp3) is 0.646. The van der Waals surface area contributed by atoms with Crippen LogP contribution in [0.2, 0.25) is 0 Å². The first kappa shape index (κ1) is 52.5. The van der Waals surface area contributed by atoms with E-state index in [2.05, 4.69) is 86.8 Å². The van der Waals surface area contributed by atoms with E-state index in [-0.39, 0.29) is 49.1 Å². The monoisotopic (exact) mass is 782 g/mol. The number of carboxylic acids is 1. The second-order valence-corrected chi connectivity index (χ2v) is 15.2. The normalized spacial score (nSPS) is 13.8. The largest absolute Gasteiger partial charge is 0.544 e. The first-order chi connectivity index (χ1) is 27.1. The summed E-state index contributed by atoms with van der Waals surface area (Å²) in [6, 6.07) is -0.736. The van der Waals surface area contributed by atoms with Crippen LogP contribution in [-0.2, 0) is 28.6 Å². The summed E-state index contributed by atoms with van der Waals surface area (Å²) in [4.78, 5) is 36.8. The average molecular weight is 782 g/mol. The van der Waals surface area contributed by atoms with Gasteiger partial charge in [-0.15, -0.1) is 0 Å². The van der Waals surface area contributed by atoms with E-state index in [0.717, 1.165) is 103 Å². The first-order valence-electron chi connectivity index (χ1n) is 21.6. The van der Waals surface area contributed by atoms with E-state index < -0.39 is 18.1 Å². The summed E-state index contributed by atoms with van der Waals surface area (Å²) in [6.45, 7) is 4.35. The Hall–Kier alpha value is -3.49. The Morgan fingerprint density at radius 3 is 1.59 bits per heavy atom. The molecule has 0 aliphatic heterocycles. The smallest absolute Gasteiger partial charge is 0.306 e. The van der Waals surface area contributed by atoms with Gasteiger partial charge in [-0.1, -0.05) is 144 Å². The standard InChI is InChI=1S/C48H79NO7/c1-6-8-10-12-14-16-18-20-21-22-23-24-25-27-28-30-32-34-36-38-46(50)55-43-44(42-54-41-40-45(48(52)53)49(3,4)5)56-47(51)39-37-35-33-31-29-26-19-17-15-13-11-9-7-2/h8-11,13-17,19-21,23-24,44-45H,6-7,12,18,22,25-43H2,1-5H3/b10-8+,11-9+,15-13+,16-14+,19-17+,21-20+,24-23+. The van der Waals surface area contributed by atoms with Gasteiger partial charge in [0.25, 0.3) is 0 Å². The SMILES string of the molecule is CC/C=C/C=C/C=C/CCCCCCCC(=O)OC(COCCC(C(=O)[O-])[N+](C)(C)C)COC(=O)CCCCCCCC/C=C/C/C=C/C/C=C/C/C=C/CC. The predicted octanol–water partition coefficient (Wildman–Crippen LogP) is 10.4. The van der Waals surface area contributed by atoms with Crippen LogP contribution in [0, 0.1) is 0 Å². The molecule has 2 unspecified atom stereocenters. The summed E-state index contributed by atoms with van der Waals surface area (Å²) in [6.07, 6.45) is 48.9. The Kier molecular flexibility index (Phi) is 36.0. The van der Waals surface area contributed by atoms with Crippen molar-refractivity contribution in [2.45, 2.75) is 161 Å². The molecule has 0 spiro atoms. The molecule has 0 bridgehead atoms. The van der Waals surface area contributed by atoms with Crippen LogP contribution in [0.3, 0.4) is 0 Å². The van der Waals surface area contributed by atoms with Crippen molar-refractivity contribution in [3.8, 4) is 0 Å². The average Bonchev–Trinajstić information content (AvgIpc) is 3.15. The molecule has 0 aromatic rings. The molecule has 0 heterocycles. The van der Waals surface area contributed by atoms with Crippen LogP contribution < -0.4 is 5.11 Å². The molecule has 2 atom stereocenters. The lowest BCUT2D eigenvalue weighted by atomic mass is 10.1. The van der Waals surface area contributed by atoms with Crippen LogP contribution in [0.5, 0.6) is 0 Å². The lowest BCUT2D eigenvalue weighted by molar-refractivity contribution is -0.889. The first-order valence-corrected chi connectivity index (χ1v) is 21.6. The minimum atomic E-state index is -1.14. The maximum Gasteiger partial charge on any atom is 0.306 e. The molecule has 0 radical (unpaired) electrons. The van der Waals surface area contributed by atoms with E-state index in [0.29, 0.717) is 6.42 Å². The number of hydrogen-bond acceptors (Lipinski definition) is 7. The molecule has 0 aromatic heterocycles. The van der Waals surface area contributed by atoms with E-state index in [4.69, 9.17) is 14.2 Å². The number of esters is 2. The molecule has 0 aromatic carbocycles. The van der Waals surface area contributed by atoms with Gasteiger partial charge >= 0.3 is 11.9 Å². The topological polar surface area (TPSA) is 102 Å². The number of carbonyl (C=O) groups excluding carboxylic acids is 3. The zero-order valence-corrected chi connectivity index (χ0v) is 36.0. The number of aliphatic carboxylic acids is 1. The van der Waals surface area contributed by atoms with Crippen molar-refractivity contribution in [3.63, 3.8) is 0 Å². The van der Waals surface area contributed by atoms with Crippen LogP contribution in [-0.4, -0.2) is 75.5 Å². The van der Waals surface area contributed by atoms with E-state index in [9.17, 15) is 19.5 Å². The molecule has 8 nitrogen and oxygen atoms in total. The third kappa shape index (κ3) is 36.2. The van der Waals surface area contributed by atoms with Crippen molar-refractivity contribution in [2.75, 3.05) is 41.0 Å².